The van der Waals surface area contributed by atoms with Crippen LogP contribution in [0.4, 0.5) is 14.5 Å². The predicted molar refractivity (Wildman–Crippen MR) is 97.5 cm³/mol. The van der Waals surface area contributed by atoms with Gasteiger partial charge in [0.15, 0.2) is 6.54 Å². The number of carbonyl (C=O) groups excluding carboxylic acids is 2. The summed E-state index contributed by atoms with van der Waals surface area (Å²) < 4.78 is 26.8. The van der Waals surface area contributed by atoms with Crippen LogP contribution in [-0.4, -0.2) is 37.5 Å². The molecule has 3 N–H and O–H groups in total. The van der Waals surface area contributed by atoms with Crippen molar-refractivity contribution in [3.63, 3.8) is 0 Å². The highest BCUT2D eigenvalue weighted by molar-refractivity contribution is 5.94. The Labute approximate surface area is 156 Å². The van der Waals surface area contributed by atoms with Crippen molar-refractivity contribution >= 4 is 17.5 Å². The summed E-state index contributed by atoms with van der Waals surface area (Å²) in [5.74, 6) is -1.43. The molecule has 0 atom stereocenters. The number of rotatable bonds is 5. The Hall–Kier alpha value is -2.80. The zero-order chi connectivity index (χ0) is 19.2. The molecule has 27 heavy (non-hydrogen) atoms. The predicted octanol–water partition coefficient (Wildman–Crippen LogP) is 1.38. The van der Waals surface area contributed by atoms with Gasteiger partial charge in [-0.15, -0.1) is 0 Å². The van der Waals surface area contributed by atoms with Gasteiger partial charge >= 0.3 is 0 Å². The lowest BCUT2D eigenvalue weighted by Gasteiger charge is -2.29. The number of anilines is 1. The average Bonchev–Trinajstić information content (AvgIpc) is 2.65. The van der Waals surface area contributed by atoms with Gasteiger partial charge in [0.05, 0.1) is 18.8 Å². The highest BCUT2D eigenvalue weighted by atomic mass is 19.1. The van der Waals surface area contributed by atoms with E-state index in [1.807, 2.05) is 0 Å². The van der Waals surface area contributed by atoms with Crippen LogP contribution in [0.5, 0.6) is 0 Å². The molecule has 1 fully saturated rings. The van der Waals surface area contributed by atoms with E-state index in [1.54, 1.807) is 18.2 Å². The fraction of sp³-hybridized carbons (Fsp3) is 0.300. The fourth-order valence-electron chi connectivity index (χ4n) is 3.23. The number of halogens is 2. The highest BCUT2D eigenvalue weighted by Gasteiger charge is 2.25. The number of piperidine rings is 1. The van der Waals surface area contributed by atoms with Crippen LogP contribution in [0.3, 0.4) is 0 Å². The Morgan fingerprint density at radius 2 is 1.78 bits per heavy atom. The molecule has 1 aliphatic rings. The van der Waals surface area contributed by atoms with Gasteiger partial charge in [-0.05, 0) is 30.3 Å². The largest absolute Gasteiger partial charge is 0.349 e. The quantitative estimate of drug-likeness (QED) is 0.741. The summed E-state index contributed by atoms with van der Waals surface area (Å²) in [6, 6.07) is 11.6. The maximum atomic E-state index is 13.6. The molecule has 1 saturated heterocycles. The fourth-order valence-corrected chi connectivity index (χ4v) is 3.23. The first kappa shape index (κ1) is 19.0. The summed E-state index contributed by atoms with van der Waals surface area (Å²) in [6.45, 7) is 1.69. The first-order valence-electron chi connectivity index (χ1n) is 8.95. The van der Waals surface area contributed by atoms with Crippen LogP contribution >= 0.6 is 0 Å². The van der Waals surface area contributed by atoms with Gasteiger partial charge < -0.3 is 15.5 Å². The van der Waals surface area contributed by atoms with Crippen LogP contribution in [0.15, 0.2) is 48.5 Å². The van der Waals surface area contributed by atoms with Crippen molar-refractivity contribution in [1.29, 1.82) is 0 Å². The van der Waals surface area contributed by atoms with Crippen molar-refractivity contribution in [3.05, 3.63) is 65.7 Å². The van der Waals surface area contributed by atoms with Crippen LogP contribution in [-0.2, 0) is 4.79 Å². The molecule has 5 nitrogen and oxygen atoms in total. The average molecular weight is 374 g/mol. The van der Waals surface area contributed by atoms with Crippen LogP contribution in [0.2, 0.25) is 0 Å². The molecule has 3 rings (SSSR count). The molecule has 142 valence electrons. The smallest absolute Gasteiger partial charge is 0.279 e. The topological polar surface area (TPSA) is 62.6 Å². The summed E-state index contributed by atoms with van der Waals surface area (Å²) in [7, 11) is 0. The second-order valence-electron chi connectivity index (χ2n) is 6.71. The van der Waals surface area contributed by atoms with Crippen LogP contribution in [0.1, 0.15) is 23.2 Å². The third-order valence-electron chi connectivity index (χ3n) is 4.67. The Kier molecular flexibility index (Phi) is 6.13. The molecule has 1 heterocycles. The molecule has 2 aromatic carbocycles. The molecule has 0 aliphatic carbocycles. The van der Waals surface area contributed by atoms with Crippen LogP contribution in [0, 0.1) is 11.6 Å². The Balaban J connectivity index is 1.44. The van der Waals surface area contributed by atoms with E-state index in [1.165, 1.54) is 30.3 Å². The monoisotopic (exact) mass is 374 g/mol. The molecular formula is C20H22F2N3O2+. The molecule has 0 aromatic heterocycles. The molecule has 0 bridgehead atoms. The third kappa shape index (κ3) is 5.34. The van der Waals surface area contributed by atoms with Gasteiger partial charge in [-0.1, -0.05) is 18.2 Å². The van der Waals surface area contributed by atoms with Crippen LogP contribution < -0.4 is 15.5 Å². The lowest BCUT2D eigenvalue weighted by molar-refractivity contribution is -0.897. The van der Waals surface area contributed by atoms with Gasteiger partial charge in [-0.3, -0.25) is 9.59 Å². The molecule has 2 aromatic rings. The van der Waals surface area contributed by atoms with Crippen molar-refractivity contribution in [2.75, 3.05) is 25.0 Å². The normalized spacial score (nSPS) is 19.3. The highest BCUT2D eigenvalue weighted by Crippen LogP contribution is 2.11. The van der Waals surface area contributed by atoms with Crippen LogP contribution in [0.25, 0.3) is 0 Å². The van der Waals surface area contributed by atoms with E-state index in [0.717, 1.165) is 30.8 Å². The second-order valence-corrected chi connectivity index (χ2v) is 6.71. The van der Waals surface area contributed by atoms with E-state index < -0.39 is 11.6 Å². The van der Waals surface area contributed by atoms with Crippen molar-refractivity contribution < 1.29 is 23.3 Å². The molecule has 0 spiro atoms. The zero-order valence-electron chi connectivity index (χ0n) is 14.8. The third-order valence-corrected chi connectivity index (χ3v) is 4.67. The van der Waals surface area contributed by atoms with Gasteiger partial charge in [0, 0.05) is 24.4 Å². The SMILES string of the molecule is O=C(C[NH+]1CCC(NC(=O)c2cccc(F)c2)CC1)Nc1ccccc1F. The standard InChI is InChI=1S/C20H21F2N3O2/c21-15-5-3-4-14(12-15)20(27)23-16-8-10-25(11-9-16)13-19(26)24-18-7-2-1-6-17(18)22/h1-7,12,16H,8-11,13H2,(H,23,27)(H,24,26)/p+1. The molecule has 2 amide bonds. The van der Waals surface area contributed by atoms with Crippen molar-refractivity contribution in [3.8, 4) is 0 Å². The van der Waals surface area contributed by atoms with E-state index in [9.17, 15) is 18.4 Å². The number of hydrogen-bond acceptors (Lipinski definition) is 2. The van der Waals surface area contributed by atoms with E-state index in [0.29, 0.717) is 5.56 Å². The van der Waals surface area contributed by atoms with Gasteiger partial charge in [0.1, 0.15) is 11.6 Å². The number of carbonyl (C=O) groups is 2. The second kappa shape index (κ2) is 8.73. The van der Waals surface area contributed by atoms with E-state index in [4.69, 9.17) is 0 Å². The number of quaternary nitrogens is 1. The molecule has 0 saturated carbocycles. The maximum absolute atomic E-state index is 13.6. The number of amides is 2. The number of likely N-dealkylation sites (tertiary alicyclic amines) is 1. The number of benzene rings is 2. The van der Waals surface area contributed by atoms with E-state index in [-0.39, 0.29) is 30.1 Å². The summed E-state index contributed by atoms with van der Waals surface area (Å²) in [5.41, 5.74) is 0.480. The summed E-state index contributed by atoms with van der Waals surface area (Å²) in [6.07, 6.45) is 1.45. The molecule has 7 heteroatoms. The molecule has 1 aliphatic heterocycles. The Morgan fingerprint density at radius 1 is 1.04 bits per heavy atom. The van der Waals surface area contributed by atoms with Crippen molar-refractivity contribution in [1.82, 2.24) is 5.32 Å². The summed E-state index contributed by atoms with van der Waals surface area (Å²) in [5, 5.41) is 5.50. The summed E-state index contributed by atoms with van der Waals surface area (Å²) >= 11 is 0. The van der Waals surface area contributed by atoms with Gasteiger partial charge in [-0.2, -0.15) is 0 Å². The van der Waals surface area contributed by atoms with E-state index >= 15 is 0 Å². The maximum Gasteiger partial charge on any atom is 0.279 e. The minimum absolute atomic E-state index is 0.000790. The van der Waals surface area contributed by atoms with Crippen molar-refractivity contribution in [2.45, 2.75) is 18.9 Å². The zero-order valence-corrected chi connectivity index (χ0v) is 14.8. The van der Waals surface area contributed by atoms with Gasteiger partial charge in [0.2, 0.25) is 0 Å². The lowest BCUT2D eigenvalue weighted by atomic mass is 10.0. The molecule has 0 radical (unpaired) electrons. The van der Waals surface area contributed by atoms with Gasteiger partial charge in [0.25, 0.3) is 11.8 Å². The number of hydrogen-bond donors (Lipinski definition) is 3. The number of nitrogens with one attached hydrogen (secondary N) is 3. The van der Waals surface area contributed by atoms with E-state index in [2.05, 4.69) is 10.6 Å². The summed E-state index contributed by atoms with van der Waals surface area (Å²) in [4.78, 5) is 25.4. The minimum atomic E-state index is -0.459. The molecular weight excluding hydrogens is 352 g/mol. The Bertz CT molecular complexity index is 820. The first-order valence-corrected chi connectivity index (χ1v) is 8.95. The minimum Gasteiger partial charge on any atom is -0.349 e. The number of para-hydroxylation sites is 1. The van der Waals surface area contributed by atoms with Gasteiger partial charge in [-0.25, -0.2) is 8.78 Å². The van der Waals surface area contributed by atoms with Crippen molar-refractivity contribution in [2.24, 2.45) is 0 Å². The Morgan fingerprint density at radius 3 is 2.48 bits per heavy atom. The first-order chi connectivity index (χ1) is 13.0. The lowest BCUT2D eigenvalue weighted by Crippen LogP contribution is -3.14. The molecule has 0 unspecified atom stereocenters.